The molecule has 0 bridgehead atoms. The van der Waals surface area contributed by atoms with Gasteiger partial charge in [0.05, 0.1) is 6.61 Å². The van der Waals surface area contributed by atoms with Crippen LogP contribution in [0.2, 0.25) is 0 Å². The number of hydrogen-bond donors (Lipinski definition) is 1. The van der Waals surface area contributed by atoms with Crippen molar-refractivity contribution in [3.05, 3.63) is 120 Å². The van der Waals surface area contributed by atoms with Gasteiger partial charge in [-0.15, -0.1) is 0 Å². The molecule has 0 saturated heterocycles. The zero-order valence-electron chi connectivity index (χ0n) is 27.8. The number of amides is 2. The fourth-order valence-corrected chi connectivity index (χ4v) is 5.09. The monoisotopic (exact) mass is 605 g/mol. The molecule has 6 nitrogen and oxygen atoms in total. The summed E-state index contributed by atoms with van der Waals surface area (Å²) in [5.74, 6) is -0.00180. The predicted octanol–water partition coefficient (Wildman–Crippen LogP) is 9.74. The Hall–Kier alpha value is -4.58. The van der Waals surface area contributed by atoms with Crippen molar-refractivity contribution in [2.75, 3.05) is 23.4 Å². The third kappa shape index (κ3) is 9.45. The second kappa shape index (κ2) is 14.5. The van der Waals surface area contributed by atoms with E-state index in [0.717, 1.165) is 22.6 Å². The first-order chi connectivity index (χ1) is 21.3. The van der Waals surface area contributed by atoms with Crippen molar-refractivity contribution in [2.45, 2.75) is 72.3 Å². The van der Waals surface area contributed by atoms with Crippen LogP contribution in [0.5, 0.6) is 0 Å². The number of carbonyl (C=O) groups is 2. The maximum atomic E-state index is 12.6. The van der Waals surface area contributed by atoms with Crippen molar-refractivity contribution < 1.29 is 14.3 Å². The number of hydrogen-bond acceptors (Lipinski definition) is 4. The Balaban J connectivity index is 1.33. The third-order valence-corrected chi connectivity index (χ3v) is 7.75. The van der Waals surface area contributed by atoms with Crippen LogP contribution in [-0.2, 0) is 26.9 Å². The lowest BCUT2D eigenvalue weighted by Gasteiger charge is -2.28. The van der Waals surface area contributed by atoms with Gasteiger partial charge in [-0.3, -0.25) is 10.1 Å². The van der Waals surface area contributed by atoms with E-state index >= 15 is 0 Å². The Labute approximate surface area is 269 Å². The Morgan fingerprint density at radius 3 is 1.64 bits per heavy atom. The Kier molecular flexibility index (Phi) is 10.7. The maximum absolute atomic E-state index is 12.6. The molecule has 4 aromatic carbocycles. The van der Waals surface area contributed by atoms with E-state index in [4.69, 9.17) is 4.74 Å². The maximum Gasteiger partial charge on any atom is 0.411 e. The molecule has 2 amide bonds. The molecule has 4 rings (SSSR count). The number of nitrogens with zero attached hydrogens (tertiary/aromatic N) is 2. The van der Waals surface area contributed by atoms with Crippen LogP contribution < -0.4 is 10.2 Å². The lowest BCUT2D eigenvalue weighted by molar-refractivity contribution is -0.129. The predicted molar refractivity (Wildman–Crippen MR) is 186 cm³/mol. The fourth-order valence-electron chi connectivity index (χ4n) is 5.09. The van der Waals surface area contributed by atoms with E-state index in [0.29, 0.717) is 25.2 Å². The van der Waals surface area contributed by atoms with Crippen LogP contribution in [-0.4, -0.2) is 30.1 Å². The normalized spacial score (nSPS) is 11.5. The van der Waals surface area contributed by atoms with Gasteiger partial charge in [0.2, 0.25) is 5.91 Å². The zero-order valence-corrected chi connectivity index (χ0v) is 27.8. The first kappa shape index (κ1) is 33.3. The molecule has 0 atom stereocenters. The summed E-state index contributed by atoms with van der Waals surface area (Å²) in [6.07, 6.45) is 0.0212. The molecule has 0 unspecified atom stereocenters. The fraction of sp³-hybridized carbons (Fsp3) is 0.333. The van der Waals surface area contributed by atoms with E-state index in [2.05, 4.69) is 94.2 Å². The molecular weight excluding hydrogens is 558 g/mol. The van der Waals surface area contributed by atoms with Gasteiger partial charge in [-0.25, -0.2) is 4.79 Å². The van der Waals surface area contributed by atoms with E-state index in [1.807, 2.05) is 65.6 Å². The van der Waals surface area contributed by atoms with Gasteiger partial charge in [0.15, 0.2) is 0 Å². The van der Waals surface area contributed by atoms with Crippen molar-refractivity contribution in [3.8, 4) is 0 Å². The van der Waals surface area contributed by atoms with Gasteiger partial charge in [-0.05, 0) is 82.5 Å². The van der Waals surface area contributed by atoms with Crippen molar-refractivity contribution >= 4 is 34.7 Å². The largest absolute Gasteiger partial charge is 0.449 e. The Morgan fingerprint density at radius 2 is 1.18 bits per heavy atom. The molecule has 0 heterocycles. The highest BCUT2D eigenvalue weighted by molar-refractivity contribution is 5.85. The van der Waals surface area contributed by atoms with Crippen molar-refractivity contribution in [1.82, 2.24) is 4.90 Å². The highest BCUT2D eigenvalue weighted by Gasteiger charge is 2.22. The van der Waals surface area contributed by atoms with Crippen molar-refractivity contribution in [2.24, 2.45) is 0 Å². The molecule has 0 aromatic heterocycles. The number of para-hydroxylation sites is 2. The molecule has 0 aliphatic carbocycles. The summed E-state index contributed by atoms with van der Waals surface area (Å²) in [5, 5.41) is 2.82. The minimum absolute atomic E-state index is 0.00174. The highest BCUT2D eigenvalue weighted by atomic mass is 16.5. The van der Waals surface area contributed by atoms with Gasteiger partial charge in [0.25, 0.3) is 0 Å². The van der Waals surface area contributed by atoms with Crippen LogP contribution in [0.25, 0.3) is 0 Å². The highest BCUT2D eigenvalue weighted by Crippen LogP contribution is 2.35. The number of carbonyl (C=O) groups excluding carboxylic acids is 2. The van der Waals surface area contributed by atoms with Crippen LogP contribution in [0.15, 0.2) is 103 Å². The summed E-state index contributed by atoms with van der Waals surface area (Å²) >= 11 is 0. The van der Waals surface area contributed by atoms with Crippen LogP contribution in [0.4, 0.5) is 27.5 Å². The topological polar surface area (TPSA) is 61.9 Å². The molecule has 236 valence electrons. The van der Waals surface area contributed by atoms with Crippen molar-refractivity contribution in [3.63, 3.8) is 0 Å². The van der Waals surface area contributed by atoms with Gasteiger partial charge in [0.1, 0.15) is 0 Å². The SMILES string of the molecule is CC(=O)N(CCCOC(=O)Nc1ccc(N(c2ccccc2)c2ccccc2)cc1)Cc1cc(C(C)(C)C)cc(C(C)(C)C)c1. The van der Waals surface area contributed by atoms with Gasteiger partial charge in [-0.1, -0.05) is 96.1 Å². The lowest BCUT2D eigenvalue weighted by atomic mass is 9.79. The Bertz CT molecular complexity index is 1480. The molecule has 0 aliphatic rings. The molecule has 0 radical (unpaired) electrons. The van der Waals surface area contributed by atoms with Crippen LogP contribution in [0.3, 0.4) is 0 Å². The van der Waals surface area contributed by atoms with E-state index < -0.39 is 6.09 Å². The minimum Gasteiger partial charge on any atom is -0.449 e. The number of benzene rings is 4. The van der Waals surface area contributed by atoms with E-state index in [-0.39, 0.29) is 23.3 Å². The van der Waals surface area contributed by atoms with Crippen molar-refractivity contribution in [1.29, 1.82) is 0 Å². The standard InChI is InChI=1S/C39H47N3O3/c1-29(43)41(28-30-25-31(38(2,3)4)27-32(26-30)39(5,6)7)23-14-24-45-37(44)40-33-19-21-36(22-20-33)42(34-15-10-8-11-16-34)35-17-12-9-13-18-35/h8-13,15-22,25-27H,14,23-24,28H2,1-7H3,(H,40,44). The number of ether oxygens (including phenoxy) is 1. The first-order valence-corrected chi connectivity index (χ1v) is 15.7. The van der Waals surface area contributed by atoms with Gasteiger partial charge in [-0.2, -0.15) is 0 Å². The number of nitrogens with one attached hydrogen (secondary N) is 1. The van der Waals surface area contributed by atoms with E-state index in [9.17, 15) is 9.59 Å². The summed E-state index contributed by atoms with van der Waals surface area (Å²) in [6.45, 7) is 16.1. The molecule has 1 N–H and O–H groups in total. The minimum atomic E-state index is -0.521. The number of rotatable bonds is 10. The smallest absolute Gasteiger partial charge is 0.411 e. The molecule has 0 fully saturated rings. The number of anilines is 4. The van der Waals surface area contributed by atoms with Gasteiger partial charge in [0, 0.05) is 42.8 Å². The average Bonchev–Trinajstić information content (AvgIpc) is 2.99. The van der Waals surface area contributed by atoms with Crippen LogP contribution in [0.1, 0.15) is 71.6 Å². The zero-order chi connectivity index (χ0) is 32.6. The second-order valence-corrected chi connectivity index (χ2v) is 13.5. The summed E-state index contributed by atoms with van der Waals surface area (Å²) in [7, 11) is 0. The average molecular weight is 606 g/mol. The van der Waals surface area contributed by atoms with Gasteiger partial charge >= 0.3 is 6.09 Å². The summed E-state index contributed by atoms with van der Waals surface area (Å²) in [4.78, 5) is 29.1. The second-order valence-electron chi connectivity index (χ2n) is 13.5. The third-order valence-electron chi connectivity index (χ3n) is 7.75. The van der Waals surface area contributed by atoms with Crippen LogP contribution in [0, 0.1) is 0 Å². The van der Waals surface area contributed by atoms with E-state index in [1.54, 1.807) is 6.92 Å². The molecule has 45 heavy (non-hydrogen) atoms. The quantitative estimate of drug-likeness (QED) is 0.183. The van der Waals surface area contributed by atoms with E-state index in [1.165, 1.54) is 11.1 Å². The van der Waals surface area contributed by atoms with Crippen LogP contribution >= 0.6 is 0 Å². The summed E-state index contributed by atoms with van der Waals surface area (Å²) < 4.78 is 5.47. The molecule has 0 saturated carbocycles. The molecule has 0 spiro atoms. The lowest BCUT2D eigenvalue weighted by Crippen LogP contribution is -2.30. The Morgan fingerprint density at radius 1 is 0.689 bits per heavy atom. The molecule has 0 aliphatic heterocycles. The first-order valence-electron chi connectivity index (χ1n) is 15.7. The van der Waals surface area contributed by atoms with Gasteiger partial charge < -0.3 is 14.5 Å². The molecular formula is C39H47N3O3. The molecule has 4 aromatic rings. The summed E-state index contributed by atoms with van der Waals surface area (Å²) in [5.41, 5.74) is 7.33. The summed E-state index contributed by atoms with van der Waals surface area (Å²) in [6, 6.07) is 34.7. The molecule has 6 heteroatoms.